The van der Waals surface area contributed by atoms with Crippen molar-refractivity contribution in [3.8, 4) is 0 Å². The second-order valence-electron chi connectivity index (χ2n) is 11.5. The minimum Gasteiger partial charge on any atom is -0.403 e. The van der Waals surface area contributed by atoms with E-state index < -0.39 is 57.9 Å². The third-order valence-corrected chi connectivity index (χ3v) is 14.4. The third-order valence-electron chi connectivity index (χ3n) is 7.68. The molecule has 3 atom stereocenters. The zero-order valence-corrected chi connectivity index (χ0v) is 26.0. The van der Waals surface area contributed by atoms with Crippen LogP contribution in [0, 0.1) is 10.1 Å². The molecular weight excluding hydrogens is 574 g/mol. The summed E-state index contributed by atoms with van der Waals surface area (Å²) in [5.41, 5.74) is -0.585. The molecule has 2 N–H and O–H groups in total. The predicted octanol–water partition coefficient (Wildman–Crippen LogP) is 2.80. The fourth-order valence-electron chi connectivity index (χ4n) is 5.77. The van der Waals surface area contributed by atoms with Crippen LogP contribution in [0.15, 0.2) is 89.8 Å². The molecule has 10 nitrogen and oxygen atoms in total. The van der Waals surface area contributed by atoms with Gasteiger partial charge in [0.05, 0.1) is 29.7 Å². The van der Waals surface area contributed by atoms with Gasteiger partial charge in [0.25, 0.3) is 14.0 Å². The summed E-state index contributed by atoms with van der Waals surface area (Å²) in [6.45, 7) is 7.68. The van der Waals surface area contributed by atoms with E-state index in [0.717, 1.165) is 22.5 Å². The molecule has 42 heavy (non-hydrogen) atoms. The second kappa shape index (κ2) is 12.4. The predicted molar refractivity (Wildman–Crippen MR) is 163 cm³/mol. The van der Waals surface area contributed by atoms with E-state index >= 15 is 0 Å². The number of benzene rings is 3. The Morgan fingerprint density at radius 1 is 1.05 bits per heavy atom. The van der Waals surface area contributed by atoms with Crippen molar-refractivity contribution in [1.29, 1.82) is 0 Å². The fourth-order valence-corrected chi connectivity index (χ4v) is 11.8. The molecule has 0 unspecified atom stereocenters. The van der Waals surface area contributed by atoms with Gasteiger partial charge in [-0.3, -0.25) is 14.9 Å². The average Bonchev–Trinajstić information content (AvgIpc) is 3.38. The number of nitro groups is 1. The normalized spacial score (nSPS) is 18.5. The quantitative estimate of drug-likeness (QED) is 0.204. The first kappa shape index (κ1) is 31.5. The topological polar surface area (TPSA) is 139 Å². The van der Waals surface area contributed by atoms with Gasteiger partial charge in [0.2, 0.25) is 15.9 Å². The van der Waals surface area contributed by atoms with Crippen LogP contribution in [0.3, 0.4) is 0 Å². The highest BCUT2D eigenvalue weighted by molar-refractivity contribution is 7.89. The van der Waals surface area contributed by atoms with Crippen LogP contribution in [0.2, 0.25) is 5.04 Å². The second-order valence-corrected chi connectivity index (χ2v) is 17.5. The number of aliphatic hydroxyl groups excluding tert-OH is 1. The molecule has 1 aliphatic rings. The van der Waals surface area contributed by atoms with Crippen molar-refractivity contribution < 1.29 is 27.7 Å². The minimum absolute atomic E-state index is 0.159. The molecule has 0 bridgehead atoms. The highest BCUT2D eigenvalue weighted by Crippen LogP contribution is 2.39. The van der Waals surface area contributed by atoms with E-state index in [1.54, 1.807) is 0 Å². The van der Waals surface area contributed by atoms with E-state index in [9.17, 15) is 28.4 Å². The summed E-state index contributed by atoms with van der Waals surface area (Å²) in [6, 6.07) is 23.3. The molecule has 0 aliphatic carbocycles. The zero-order chi connectivity index (χ0) is 30.7. The Balaban J connectivity index is 1.62. The Morgan fingerprint density at radius 2 is 1.57 bits per heavy atom. The highest BCUT2D eigenvalue weighted by Gasteiger charge is 2.53. The molecule has 1 fully saturated rings. The SMILES string of the molecule is C[C@H](NS(=O)(=O)c1ccccc1[N+](=O)[O-])C(=O)N1C[C@H](O[Si](c2ccccc2)(c2ccccc2)C(C)(C)C)C[C@H]1CO. The van der Waals surface area contributed by atoms with Crippen molar-refractivity contribution >= 4 is 40.3 Å². The van der Waals surface area contributed by atoms with Crippen LogP contribution in [0.5, 0.6) is 0 Å². The number of hydrogen-bond acceptors (Lipinski definition) is 7. The van der Waals surface area contributed by atoms with Gasteiger partial charge in [-0.05, 0) is 34.8 Å². The van der Waals surface area contributed by atoms with Crippen molar-refractivity contribution in [2.75, 3.05) is 13.2 Å². The highest BCUT2D eigenvalue weighted by atomic mass is 32.2. The van der Waals surface area contributed by atoms with Gasteiger partial charge in [0.1, 0.15) is 0 Å². The Kier molecular flexibility index (Phi) is 9.33. The molecule has 224 valence electrons. The monoisotopic (exact) mass is 611 g/mol. The Bertz CT molecular complexity index is 1480. The van der Waals surface area contributed by atoms with Crippen LogP contribution in [0.1, 0.15) is 34.1 Å². The first-order valence-electron chi connectivity index (χ1n) is 13.8. The Morgan fingerprint density at radius 3 is 2.07 bits per heavy atom. The van der Waals surface area contributed by atoms with Gasteiger partial charge >= 0.3 is 0 Å². The molecule has 3 aromatic rings. The summed E-state index contributed by atoms with van der Waals surface area (Å²) in [5, 5.41) is 23.5. The minimum atomic E-state index is -4.39. The number of likely N-dealkylation sites (tertiary alicyclic amines) is 1. The molecule has 0 radical (unpaired) electrons. The molecule has 1 amide bonds. The number of nitrogens with zero attached hydrogens (tertiary/aromatic N) is 2. The summed E-state index contributed by atoms with van der Waals surface area (Å²) in [6.07, 6.45) is -0.0486. The van der Waals surface area contributed by atoms with Crippen LogP contribution in [0.25, 0.3) is 0 Å². The van der Waals surface area contributed by atoms with Gasteiger partial charge in [-0.15, -0.1) is 0 Å². The maximum Gasteiger partial charge on any atom is 0.289 e. The molecule has 1 saturated heterocycles. The van der Waals surface area contributed by atoms with Crippen molar-refractivity contribution in [1.82, 2.24) is 9.62 Å². The van der Waals surface area contributed by atoms with Crippen molar-refractivity contribution in [3.63, 3.8) is 0 Å². The number of nitro benzene ring substituents is 1. The van der Waals surface area contributed by atoms with E-state index in [4.69, 9.17) is 4.43 Å². The molecule has 0 aromatic heterocycles. The number of para-hydroxylation sites is 1. The van der Waals surface area contributed by atoms with Gasteiger partial charge in [-0.2, -0.15) is 4.72 Å². The summed E-state index contributed by atoms with van der Waals surface area (Å²) in [5.74, 6) is -0.551. The maximum absolute atomic E-state index is 13.6. The lowest BCUT2D eigenvalue weighted by Crippen LogP contribution is -2.67. The van der Waals surface area contributed by atoms with E-state index in [-0.39, 0.29) is 18.2 Å². The number of carbonyl (C=O) groups is 1. The van der Waals surface area contributed by atoms with Gasteiger partial charge in [-0.1, -0.05) is 93.6 Å². The summed E-state index contributed by atoms with van der Waals surface area (Å²) in [4.78, 5) is 25.2. The van der Waals surface area contributed by atoms with Crippen LogP contribution in [-0.2, 0) is 19.2 Å². The van der Waals surface area contributed by atoms with Crippen molar-refractivity contribution in [3.05, 3.63) is 95.0 Å². The molecule has 3 aromatic carbocycles. The van der Waals surface area contributed by atoms with E-state index in [0.29, 0.717) is 6.42 Å². The standard InChI is InChI=1S/C30H37N3O7SSi/c1-22(31-41(38,39)28-18-12-11-17-27(28)33(36)37)29(35)32-20-24(19-23(32)21-34)40-42(30(2,3)4,25-13-7-5-8-14-25)26-15-9-6-10-16-26/h5-18,22-24,31,34H,19-21H2,1-4H3/t22-,23-,24+/m0/s1. The van der Waals surface area contributed by atoms with Crippen LogP contribution < -0.4 is 15.1 Å². The van der Waals surface area contributed by atoms with Gasteiger partial charge in [-0.25, -0.2) is 8.42 Å². The summed E-state index contributed by atoms with van der Waals surface area (Å²) >= 11 is 0. The lowest BCUT2D eigenvalue weighted by atomic mass is 10.2. The first-order chi connectivity index (χ1) is 19.8. The Labute approximate surface area is 247 Å². The Hall–Kier alpha value is -3.42. The number of hydrogen-bond donors (Lipinski definition) is 2. The third kappa shape index (κ3) is 6.18. The van der Waals surface area contributed by atoms with Crippen LogP contribution in [-0.4, -0.2) is 68.9 Å². The smallest absolute Gasteiger partial charge is 0.289 e. The number of sulfonamides is 1. The number of rotatable bonds is 10. The van der Waals surface area contributed by atoms with Gasteiger partial charge in [0.15, 0.2) is 4.90 Å². The number of carbonyl (C=O) groups excluding carboxylic acids is 1. The number of aliphatic hydroxyl groups is 1. The molecule has 0 spiro atoms. The molecule has 4 rings (SSSR count). The number of nitrogens with one attached hydrogen (secondary N) is 1. The molecule has 1 heterocycles. The van der Waals surface area contributed by atoms with Gasteiger partial charge < -0.3 is 14.4 Å². The zero-order valence-electron chi connectivity index (χ0n) is 24.1. The molecular formula is C30H37N3O7SSi. The average molecular weight is 612 g/mol. The first-order valence-corrected chi connectivity index (χ1v) is 17.2. The summed E-state index contributed by atoms with van der Waals surface area (Å²) < 4.78 is 35.6. The van der Waals surface area contributed by atoms with Crippen LogP contribution >= 0.6 is 0 Å². The van der Waals surface area contributed by atoms with E-state index in [1.807, 2.05) is 36.4 Å². The fraction of sp³-hybridized carbons (Fsp3) is 0.367. The maximum atomic E-state index is 13.6. The number of amides is 1. The van der Waals surface area contributed by atoms with Crippen molar-refractivity contribution in [2.45, 2.75) is 62.2 Å². The van der Waals surface area contributed by atoms with E-state index in [1.165, 1.54) is 24.0 Å². The van der Waals surface area contributed by atoms with Gasteiger partial charge in [0, 0.05) is 12.6 Å². The largest absolute Gasteiger partial charge is 0.403 e. The lowest BCUT2D eigenvalue weighted by Gasteiger charge is -2.44. The molecule has 12 heteroatoms. The molecule has 0 saturated carbocycles. The lowest BCUT2D eigenvalue weighted by molar-refractivity contribution is -0.387. The molecule has 1 aliphatic heterocycles. The van der Waals surface area contributed by atoms with Crippen molar-refractivity contribution in [2.24, 2.45) is 0 Å². The van der Waals surface area contributed by atoms with E-state index in [2.05, 4.69) is 49.8 Å². The summed E-state index contributed by atoms with van der Waals surface area (Å²) in [7, 11) is -7.34. The van der Waals surface area contributed by atoms with Crippen LogP contribution in [0.4, 0.5) is 5.69 Å².